The van der Waals surface area contributed by atoms with Crippen LogP contribution in [-0.2, 0) is 4.79 Å². The van der Waals surface area contributed by atoms with Crippen molar-refractivity contribution in [3.8, 4) is 11.3 Å². The maximum atomic E-state index is 11.6. The molecule has 3 amide bonds. The lowest BCUT2D eigenvalue weighted by atomic mass is 10.1. The zero-order chi connectivity index (χ0) is 16.5. The van der Waals surface area contributed by atoms with E-state index in [2.05, 4.69) is 15.4 Å². The molecule has 2 N–H and O–H groups in total. The number of para-hydroxylation sites is 1. The van der Waals surface area contributed by atoms with Crippen LogP contribution < -0.4 is 5.32 Å². The van der Waals surface area contributed by atoms with Crippen molar-refractivity contribution in [2.24, 2.45) is 5.10 Å². The van der Waals surface area contributed by atoms with Crippen LogP contribution in [0.15, 0.2) is 59.7 Å². The summed E-state index contributed by atoms with van der Waals surface area (Å²) >= 11 is 0. The third kappa shape index (κ3) is 2.44. The van der Waals surface area contributed by atoms with Crippen molar-refractivity contribution < 1.29 is 9.59 Å². The molecule has 0 unspecified atom stereocenters. The Morgan fingerprint density at radius 1 is 1.00 bits per heavy atom. The first-order valence-electron chi connectivity index (χ1n) is 7.54. The molecule has 24 heavy (non-hydrogen) atoms. The first-order valence-corrected chi connectivity index (χ1v) is 7.54. The Hall–Kier alpha value is -3.41. The quantitative estimate of drug-likeness (QED) is 0.575. The summed E-state index contributed by atoms with van der Waals surface area (Å²) in [4.78, 5) is 26.3. The average Bonchev–Trinajstić information content (AvgIpc) is 3.13. The van der Waals surface area contributed by atoms with Crippen LogP contribution in [-0.4, -0.2) is 34.7 Å². The number of hydrogen-bond acceptors (Lipinski definition) is 3. The molecule has 1 aliphatic rings. The number of benzene rings is 2. The molecule has 0 aliphatic carbocycles. The van der Waals surface area contributed by atoms with Gasteiger partial charge in [-0.2, -0.15) is 5.10 Å². The van der Waals surface area contributed by atoms with E-state index in [1.54, 1.807) is 6.21 Å². The second-order valence-corrected chi connectivity index (χ2v) is 5.48. The normalized spacial score (nSPS) is 14.8. The smallest absolute Gasteiger partial charge is 0.344 e. The van der Waals surface area contributed by atoms with E-state index < -0.39 is 6.03 Å². The lowest BCUT2D eigenvalue weighted by Gasteiger charge is -2.05. The molecule has 2 aromatic carbocycles. The van der Waals surface area contributed by atoms with Crippen LogP contribution in [0, 0.1) is 0 Å². The predicted molar refractivity (Wildman–Crippen MR) is 91.6 cm³/mol. The lowest BCUT2D eigenvalue weighted by molar-refractivity contribution is -0.118. The molecule has 2 heterocycles. The number of hydrazone groups is 1. The molecule has 0 spiro atoms. The highest BCUT2D eigenvalue weighted by Gasteiger charge is 2.26. The largest absolute Gasteiger partial charge is 0.354 e. The van der Waals surface area contributed by atoms with Gasteiger partial charge < -0.3 is 4.98 Å². The molecule has 4 rings (SSSR count). The number of urea groups is 1. The Kier molecular flexibility index (Phi) is 3.35. The average molecular weight is 318 g/mol. The third-order valence-electron chi connectivity index (χ3n) is 3.91. The molecular weight excluding hydrogens is 304 g/mol. The van der Waals surface area contributed by atoms with Crippen LogP contribution in [0.2, 0.25) is 0 Å². The van der Waals surface area contributed by atoms with Gasteiger partial charge in [-0.15, -0.1) is 0 Å². The van der Waals surface area contributed by atoms with Crippen molar-refractivity contribution in [2.45, 2.75) is 0 Å². The zero-order valence-electron chi connectivity index (χ0n) is 12.7. The van der Waals surface area contributed by atoms with Crippen molar-refractivity contribution in [3.05, 3.63) is 60.2 Å². The number of aromatic nitrogens is 1. The molecule has 0 atom stereocenters. The minimum Gasteiger partial charge on any atom is -0.354 e. The first kappa shape index (κ1) is 14.2. The van der Waals surface area contributed by atoms with Gasteiger partial charge in [0.25, 0.3) is 0 Å². The number of nitrogens with one attached hydrogen (secondary N) is 2. The van der Waals surface area contributed by atoms with Crippen LogP contribution in [0.5, 0.6) is 0 Å². The maximum absolute atomic E-state index is 11.6. The summed E-state index contributed by atoms with van der Waals surface area (Å²) < 4.78 is 0. The van der Waals surface area contributed by atoms with Crippen LogP contribution in [0.1, 0.15) is 5.56 Å². The summed E-state index contributed by atoms with van der Waals surface area (Å²) in [7, 11) is 0. The van der Waals surface area contributed by atoms with Crippen molar-refractivity contribution in [3.63, 3.8) is 0 Å². The second kappa shape index (κ2) is 5.66. The van der Waals surface area contributed by atoms with E-state index >= 15 is 0 Å². The fraction of sp³-hybridized carbons (Fsp3) is 0.0556. The molecule has 3 aromatic rings. The van der Waals surface area contributed by atoms with Crippen molar-refractivity contribution in [2.75, 3.05) is 6.54 Å². The molecule has 118 valence electrons. The number of imide groups is 1. The van der Waals surface area contributed by atoms with Gasteiger partial charge in [-0.05, 0) is 11.6 Å². The number of rotatable bonds is 3. The van der Waals surface area contributed by atoms with Gasteiger partial charge in [0.05, 0.1) is 11.9 Å². The highest BCUT2D eigenvalue weighted by atomic mass is 16.2. The molecule has 1 saturated heterocycles. The molecule has 1 fully saturated rings. The van der Waals surface area contributed by atoms with Crippen molar-refractivity contribution in [1.29, 1.82) is 0 Å². The van der Waals surface area contributed by atoms with Gasteiger partial charge >= 0.3 is 6.03 Å². The maximum Gasteiger partial charge on any atom is 0.344 e. The van der Waals surface area contributed by atoms with Gasteiger partial charge in [-0.3, -0.25) is 10.1 Å². The fourth-order valence-electron chi connectivity index (χ4n) is 2.78. The second-order valence-electron chi connectivity index (χ2n) is 5.48. The molecule has 0 saturated carbocycles. The van der Waals surface area contributed by atoms with E-state index in [0.29, 0.717) is 0 Å². The molecule has 6 heteroatoms. The minimum absolute atomic E-state index is 0.0572. The molecule has 1 aliphatic heterocycles. The number of carbonyl (C=O) groups excluding carboxylic acids is 2. The number of aromatic amines is 1. The van der Waals surface area contributed by atoms with E-state index in [9.17, 15) is 9.59 Å². The lowest BCUT2D eigenvalue weighted by Crippen LogP contribution is -2.24. The van der Waals surface area contributed by atoms with E-state index in [1.807, 2.05) is 54.6 Å². The van der Waals surface area contributed by atoms with Gasteiger partial charge in [-0.1, -0.05) is 48.5 Å². The molecular formula is C18H14N4O2. The van der Waals surface area contributed by atoms with Gasteiger partial charge in [-0.25, -0.2) is 9.80 Å². The van der Waals surface area contributed by atoms with Gasteiger partial charge in [0.1, 0.15) is 6.54 Å². The molecule has 0 bridgehead atoms. The van der Waals surface area contributed by atoms with Gasteiger partial charge in [0, 0.05) is 16.5 Å². The summed E-state index contributed by atoms with van der Waals surface area (Å²) in [6.07, 6.45) is 1.62. The van der Waals surface area contributed by atoms with E-state index in [1.165, 1.54) is 0 Å². The van der Waals surface area contributed by atoms with Gasteiger partial charge in [0.2, 0.25) is 5.91 Å². The summed E-state index contributed by atoms with van der Waals surface area (Å²) in [6.45, 7) is -0.0572. The van der Waals surface area contributed by atoms with E-state index in [-0.39, 0.29) is 12.5 Å². The van der Waals surface area contributed by atoms with Crippen LogP contribution >= 0.6 is 0 Å². The number of carbonyl (C=O) groups is 2. The van der Waals surface area contributed by atoms with Crippen LogP contribution in [0.4, 0.5) is 4.79 Å². The Morgan fingerprint density at radius 3 is 2.50 bits per heavy atom. The number of amides is 3. The summed E-state index contributed by atoms with van der Waals surface area (Å²) in [5.41, 5.74) is 3.81. The number of nitrogens with zero attached hydrogens (tertiary/aromatic N) is 2. The monoisotopic (exact) mass is 318 g/mol. The van der Waals surface area contributed by atoms with Crippen LogP contribution in [0.25, 0.3) is 22.2 Å². The minimum atomic E-state index is -0.502. The van der Waals surface area contributed by atoms with E-state index in [4.69, 9.17) is 0 Å². The third-order valence-corrected chi connectivity index (χ3v) is 3.91. The van der Waals surface area contributed by atoms with Crippen molar-refractivity contribution >= 4 is 29.1 Å². The van der Waals surface area contributed by atoms with Crippen LogP contribution in [0.3, 0.4) is 0 Å². The highest BCUT2D eigenvalue weighted by molar-refractivity contribution is 6.07. The Balaban J connectivity index is 1.81. The van der Waals surface area contributed by atoms with Gasteiger partial charge in [0.15, 0.2) is 0 Å². The molecule has 6 nitrogen and oxygen atoms in total. The summed E-state index contributed by atoms with van der Waals surface area (Å²) in [6, 6.07) is 17.3. The number of fused-ring (bicyclic) bond motifs is 1. The molecule has 1 aromatic heterocycles. The summed E-state index contributed by atoms with van der Waals surface area (Å²) in [5, 5.41) is 8.53. The Bertz CT molecular complexity index is 960. The highest BCUT2D eigenvalue weighted by Crippen LogP contribution is 2.29. The zero-order valence-corrected chi connectivity index (χ0v) is 12.7. The first-order chi connectivity index (χ1) is 11.7. The Labute approximate surface area is 137 Å². The van der Waals surface area contributed by atoms with Crippen molar-refractivity contribution in [1.82, 2.24) is 15.3 Å². The number of hydrogen-bond donors (Lipinski definition) is 2. The standard InChI is InChI=1S/C18H14N4O2/c23-16-11-22(18(24)21-16)19-10-14-13-8-4-5-9-15(13)20-17(14)12-6-2-1-3-7-12/h1-10,20H,11H2,(H,21,23,24)/b19-10+. The SMILES string of the molecule is O=C1CN(/N=C/c2c(-c3ccccc3)[nH]c3ccccc23)C(=O)N1. The number of H-pyrrole nitrogens is 1. The fourth-order valence-corrected chi connectivity index (χ4v) is 2.78. The topological polar surface area (TPSA) is 77.6 Å². The summed E-state index contributed by atoms with van der Waals surface area (Å²) in [5.74, 6) is -0.348. The van der Waals surface area contributed by atoms with E-state index in [0.717, 1.165) is 32.7 Å². The predicted octanol–water partition coefficient (Wildman–Crippen LogP) is 2.72. The molecule has 0 radical (unpaired) electrons. The Morgan fingerprint density at radius 2 is 1.75 bits per heavy atom.